The van der Waals surface area contributed by atoms with Gasteiger partial charge in [0.05, 0.1) is 0 Å². The normalized spacial score (nSPS) is 11.5. The summed E-state index contributed by atoms with van der Waals surface area (Å²) in [6.45, 7) is 4.24. The molecule has 0 saturated carbocycles. The first-order valence-corrected chi connectivity index (χ1v) is 7.68. The highest BCUT2D eigenvalue weighted by Gasteiger charge is 2.29. The van der Waals surface area contributed by atoms with Crippen molar-refractivity contribution in [2.24, 2.45) is 0 Å². The summed E-state index contributed by atoms with van der Waals surface area (Å²) in [5.41, 5.74) is 0. The van der Waals surface area contributed by atoms with Crippen LogP contribution in [0.2, 0.25) is 0 Å². The Kier molecular flexibility index (Phi) is 9.65. The summed E-state index contributed by atoms with van der Waals surface area (Å²) in [5.74, 6) is -0.517. The number of unbranched alkanes of at least 4 members (excludes halogenated alkanes) is 2. The second-order valence-corrected chi connectivity index (χ2v) is 5.69. The van der Waals surface area contributed by atoms with Crippen molar-refractivity contribution in [1.29, 1.82) is 0 Å². The third-order valence-electron chi connectivity index (χ3n) is 3.03. The van der Waals surface area contributed by atoms with E-state index >= 15 is 0 Å². The molecule has 0 bridgehead atoms. The molecule has 0 aromatic heterocycles. The van der Waals surface area contributed by atoms with E-state index in [9.17, 15) is 4.79 Å². The van der Waals surface area contributed by atoms with Crippen LogP contribution in [0, 0.1) is 0 Å². The van der Waals surface area contributed by atoms with Gasteiger partial charge in [-0.2, -0.15) is 11.8 Å². The zero-order valence-corrected chi connectivity index (χ0v) is 12.1. The van der Waals surface area contributed by atoms with Crippen LogP contribution in [0.4, 0.5) is 0 Å². The van der Waals surface area contributed by atoms with Crippen molar-refractivity contribution in [3.8, 4) is 0 Å². The molecule has 0 radical (unpaired) electrons. The van der Waals surface area contributed by atoms with Gasteiger partial charge in [-0.05, 0) is 19.1 Å². The highest BCUT2D eigenvalue weighted by Crippen LogP contribution is 2.34. The molecule has 0 aliphatic carbocycles. The maximum Gasteiger partial charge on any atom is 0.331 e. The van der Waals surface area contributed by atoms with Crippen LogP contribution in [-0.4, -0.2) is 35.3 Å². The number of hydrogen-bond acceptors (Lipinski definition) is 4. The van der Waals surface area contributed by atoms with Crippen LogP contribution in [0.15, 0.2) is 0 Å². The molecule has 3 nitrogen and oxygen atoms in total. The summed E-state index contributed by atoms with van der Waals surface area (Å²) in [6.07, 6.45) is 8.85. The van der Waals surface area contributed by atoms with Crippen LogP contribution in [0.3, 0.4) is 0 Å². The molecule has 0 unspecified atom stereocenters. The van der Waals surface area contributed by atoms with Gasteiger partial charge in [-0.3, -0.25) is 0 Å². The predicted molar refractivity (Wildman–Crippen MR) is 73.3 cm³/mol. The highest BCUT2D eigenvalue weighted by molar-refractivity contribution is 8.00. The van der Waals surface area contributed by atoms with E-state index in [0.29, 0.717) is 6.61 Å². The third kappa shape index (κ3) is 6.94. The molecule has 0 heterocycles. The number of rotatable bonds is 10. The molecule has 0 fully saturated rings. The summed E-state index contributed by atoms with van der Waals surface area (Å²) < 4.78 is 5.17. The van der Waals surface area contributed by atoms with Gasteiger partial charge in [0.1, 0.15) is 13.2 Å². The van der Waals surface area contributed by atoms with Crippen LogP contribution < -0.4 is 0 Å². The Labute approximate surface area is 109 Å². The fraction of sp³-hybridized carbons (Fsp3) is 0.923. The first kappa shape index (κ1) is 16.8. The number of carbonyl (C=O) groups is 1. The van der Waals surface area contributed by atoms with Crippen LogP contribution in [0.5, 0.6) is 0 Å². The Bertz CT molecular complexity index is 199. The lowest BCUT2D eigenvalue weighted by atomic mass is 9.95. The maximum atomic E-state index is 11.0. The average molecular weight is 262 g/mol. The number of aliphatic hydroxyl groups is 1. The minimum atomic E-state index is -0.522. The van der Waals surface area contributed by atoms with E-state index in [0.717, 1.165) is 38.5 Å². The zero-order chi connectivity index (χ0) is 13.1. The monoisotopic (exact) mass is 262 g/mol. The molecular weight excluding hydrogens is 236 g/mol. The largest absolute Gasteiger partial charge is 0.463 e. The Morgan fingerprint density at radius 2 is 1.76 bits per heavy atom. The van der Waals surface area contributed by atoms with Gasteiger partial charge in [0.25, 0.3) is 0 Å². The maximum absolute atomic E-state index is 11.0. The minimum absolute atomic E-state index is 0.0385. The van der Waals surface area contributed by atoms with Crippen molar-refractivity contribution < 1.29 is 14.6 Å². The van der Waals surface area contributed by atoms with E-state index in [-0.39, 0.29) is 4.75 Å². The lowest BCUT2D eigenvalue weighted by Crippen LogP contribution is -2.32. The number of esters is 1. The summed E-state index contributed by atoms with van der Waals surface area (Å²) in [5, 5.41) is 8.68. The first-order valence-electron chi connectivity index (χ1n) is 6.45. The second kappa shape index (κ2) is 9.77. The van der Waals surface area contributed by atoms with Gasteiger partial charge < -0.3 is 9.84 Å². The molecule has 0 atom stereocenters. The van der Waals surface area contributed by atoms with Gasteiger partial charge in [0, 0.05) is 4.75 Å². The van der Waals surface area contributed by atoms with Gasteiger partial charge in [-0.25, -0.2) is 4.79 Å². The summed E-state index contributed by atoms with van der Waals surface area (Å²) in [6, 6.07) is 0. The molecule has 0 aliphatic heterocycles. The van der Waals surface area contributed by atoms with Gasteiger partial charge in [-0.1, -0.05) is 39.5 Å². The molecular formula is C13H26O3S. The second-order valence-electron chi connectivity index (χ2n) is 4.41. The smallest absolute Gasteiger partial charge is 0.331 e. The molecule has 102 valence electrons. The molecule has 0 aliphatic rings. The van der Waals surface area contributed by atoms with Crippen molar-refractivity contribution in [2.75, 3.05) is 19.5 Å². The number of aliphatic hydroxyl groups excluding tert-OH is 1. The Morgan fingerprint density at radius 1 is 1.24 bits per heavy atom. The molecule has 0 aromatic carbocycles. The fourth-order valence-corrected chi connectivity index (χ4v) is 2.66. The number of thioether (sulfide) groups is 1. The standard InChI is InChI=1S/C13H26O3S/c1-4-6-8-13(17-3,9-7-5-2)11-16-12(15)10-14/h14H,4-11H2,1-3H3. The van der Waals surface area contributed by atoms with Crippen molar-refractivity contribution in [3.05, 3.63) is 0 Å². The number of hydrogen-bond donors (Lipinski definition) is 1. The van der Waals surface area contributed by atoms with Crippen LogP contribution in [0.25, 0.3) is 0 Å². The van der Waals surface area contributed by atoms with Crippen LogP contribution in [0.1, 0.15) is 52.4 Å². The molecule has 0 spiro atoms. The van der Waals surface area contributed by atoms with E-state index in [1.54, 1.807) is 11.8 Å². The summed E-state index contributed by atoms with van der Waals surface area (Å²) in [4.78, 5) is 11.0. The number of ether oxygens (including phenoxy) is 1. The van der Waals surface area contributed by atoms with Gasteiger partial charge in [0.2, 0.25) is 0 Å². The predicted octanol–water partition coefficient (Wildman–Crippen LogP) is 3.00. The molecule has 0 amide bonds. The van der Waals surface area contributed by atoms with Crippen molar-refractivity contribution in [1.82, 2.24) is 0 Å². The lowest BCUT2D eigenvalue weighted by Gasteiger charge is -2.31. The minimum Gasteiger partial charge on any atom is -0.463 e. The summed E-state index contributed by atoms with van der Waals surface area (Å²) in [7, 11) is 0. The topological polar surface area (TPSA) is 46.5 Å². The first-order chi connectivity index (χ1) is 8.14. The lowest BCUT2D eigenvalue weighted by molar-refractivity contribution is -0.147. The van der Waals surface area contributed by atoms with E-state index in [1.165, 1.54) is 0 Å². The molecule has 1 N–H and O–H groups in total. The van der Waals surface area contributed by atoms with Crippen LogP contribution >= 0.6 is 11.8 Å². The molecule has 0 rings (SSSR count). The zero-order valence-electron chi connectivity index (χ0n) is 11.3. The average Bonchev–Trinajstić information content (AvgIpc) is 2.38. The Hall–Kier alpha value is -0.220. The van der Waals surface area contributed by atoms with E-state index < -0.39 is 12.6 Å². The SMILES string of the molecule is CCCCC(CCCC)(COC(=O)CO)SC. The summed E-state index contributed by atoms with van der Waals surface area (Å²) >= 11 is 1.79. The van der Waals surface area contributed by atoms with E-state index in [4.69, 9.17) is 9.84 Å². The highest BCUT2D eigenvalue weighted by atomic mass is 32.2. The van der Waals surface area contributed by atoms with Crippen molar-refractivity contribution in [2.45, 2.75) is 57.1 Å². The molecule has 0 saturated heterocycles. The molecule has 17 heavy (non-hydrogen) atoms. The van der Waals surface area contributed by atoms with Crippen molar-refractivity contribution >= 4 is 17.7 Å². The third-order valence-corrected chi connectivity index (χ3v) is 4.42. The molecule has 4 heteroatoms. The van der Waals surface area contributed by atoms with Crippen molar-refractivity contribution in [3.63, 3.8) is 0 Å². The quantitative estimate of drug-likeness (QED) is 0.615. The fourth-order valence-electron chi connectivity index (χ4n) is 1.79. The van der Waals surface area contributed by atoms with Gasteiger partial charge in [0.15, 0.2) is 0 Å². The Balaban J connectivity index is 4.36. The van der Waals surface area contributed by atoms with Gasteiger partial charge in [-0.15, -0.1) is 0 Å². The van der Waals surface area contributed by atoms with E-state index in [2.05, 4.69) is 20.1 Å². The Morgan fingerprint density at radius 3 is 2.12 bits per heavy atom. The van der Waals surface area contributed by atoms with Gasteiger partial charge >= 0.3 is 5.97 Å². The van der Waals surface area contributed by atoms with E-state index in [1.807, 2.05) is 0 Å². The molecule has 0 aromatic rings. The number of carbonyl (C=O) groups excluding carboxylic acids is 1. The van der Waals surface area contributed by atoms with Crippen LogP contribution in [-0.2, 0) is 9.53 Å².